The normalized spacial score (nSPS) is 16.3. The molecule has 2 amide bonds. The third-order valence-electron chi connectivity index (χ3n) is 5.43. The van der Waals surface area contributed by atoms with Crippen molar-refractivity contribution in [2.75, 3.05) is 24.1 Å². The Bertz CT molecular complexity index is 1430. The van der Waals surface area contributed by atoms with Gasteiger partial charge in [-0.15, -0.1) is 0 Å². The van der Waals surface area contributed by atoms with E-state index in [9.17, 15) is 9.59 Å². The Labute approximate surface area is 192 Å². The molecule has 0 bridgehead atoms. The SMILES string of the molecule is CC=CC(=O)N1CC[C@@H](n2nc(C(=O)Nc3nc4cc(Cl)ccc4o3)c3c(N)ncnc32)C1. The summed E-state index contributed by atoms with van der Waals surface area (Å²) >= 11 is 5.99. The summed E-state index contributed by atoms with van der Waals surface area (Å²) in [6.07, 6.45) is 5.21. The molecule has 0 aliphatic carbocycles. The van der Waals surface area contributed by atoms with E-state index in [1.54, 1.807) is 40.8 Å². The van der Waals surface area contributed by atoms with Crippen molar-refractivity contribution in [2.45, 2.75) is 19.4 Å². The van der Waals surface area contributed by atoms with E-state index in [0.29, 0.717) is 46.7 Å². The average Bonchev–Trinajstić information content (AvgIpc) is 3.50. The molecule has 0 unspecified atom stereocenters. The van der Waals surface area contributed by atoms with Gasteiger partial charge in [0.1, 0.15) is 17.7 Å². The monoisotopic (exact) mass is 466 g/mol. The lowest BCUT2D eigenvalue weighted by Gasteiger charge is -2.14. The number of anilines is 2. The van der Waals surface area contributed by atoms with Crippen LogP contribution in [0.5, 0.6) is 0 Å². The molecule has 1 fully saturated rings. The van der Waals surface area contributed by atoms with Crippen molar-refractivity contribution in [3.8, 4) is 0 Å². The summed E-state index contributed by atoms with van der Waals surface area (Å²) in [6.45, 7) is 2.81. The average molecular weight is 467 g/mol. The first kappa shape index (κ1) is 20.9. The number of benzene rings is 1. The van der Waals surface area contributed by atoms with E-state index >= 15 is 0 Å². The number of hydrogen-bond acceptors (Lipinski definition) is 8. The van der Waals surface area contributed by atoms with Gasteiger partial charge in [0.05, 0.1) is 11.4 Å². The molecule has 168 valence electrons. The molecule has 3 N–H and O–H groups in total. The molecular weight excluding hydrogens is 448 g/mol. The Morgan fingerprint density at radius 2 is 2.18 bits per heavy atom. The lowest BCUT2D eigenvalue weighted by molar-refractivity contribution is -0.125. The summed E-state index contributed by atoms with van der Waals surface area (Å²) in [5.41, 5.74) is 7.53. The van der Waals surface area contributed by atoms with Gasteiger partial charge in [-0.25, -0.2) is 14.6 Å². The first-order chi connectivity index (χ1) is 15.9. The van der Waals surface area contributed by atoms with Gasteiger partial charge < -0.3 is 15.1 Å². The van der Waals surface area contributed by atoms with Crippen molar-refractivity contribution in [1.82, 2.24) is 29.6 Å². The van der Waals surface area contributed by atoms with E-state index in [1.807, 2.05) is 0 Å². The quantitative estimate of drug-likeness (QED) is 0.436. The molecule has 1 aliphatic rings. The van der Waals surface area contributed by atoms with Crippen molar-refractivity contribution in [3.63, 3.8) is 0 Å². The topological polar surface area (TPSA) is 145 Å². The molecule has 1 aromatic carbocycles. The van der Waals surface area contributed by atoms with Gasteiger partial charge in [0, 0.05) is 18.1 Å². The minimum Gasteiger partial charge on any atom is -0.423 e. The molecule has 11 nitrogen and oxygen atoms in total. The molecule has 1 aliphatic heterocycles. The number of nitrogen functional groups attached to an aromatic ring is 1. The number of nitrogens with one attached hydrogen (secondary N) is 1. The minimum atomic E-state index is -0.572. The van der Waals surface area contributed by atoms with Crippen molar-refractivity contribution in [2.24, 2.45) is 0 Å². The summed E-state index contributed by atoms with van der Waals surface area (Å²) < 4.78 is 7.21. The van der Waals surface area contributed by atoms with Crippen LogP contribution in [0.3, 0.4) is 0 Å². The second kappa shape index (κ2) is 8.17. The van der Waals surface area contributed by atoms with Gasteiger partial charge in [0.25, 0.3) is 5.91 Å². The Balaban J connectivity index is 1.48. The molecule has 4 heterocycles. The number of rotatable bonds is 4. The van der Waals surface area contributed by atoms with Gasteiger partial charge in [0.15, 0.2) is 16.9 Å². The lowest BCUT2D eigenvalue weighted by atomic mass is 10.2. The zero-order chi connectivity index (χ0) is 23.1. The predicted molar refractivity (Wildman–Crippen MR) is 122 cm³/mol. The fourth-order valence-corrected chi connectivity index (χ4v) is 4.08. The third-order valence-corrected chi connectivity index (χ3v) is 5.67. The van der Waals surface area contributed by atoms with E-state index in [2.05, 4.69) is 25.4 Å². The van der Waals surface area contributed by atoms with Crippen molar-refractivity contribution >= 4 is 57.4 Å². The molecule has 5 rings (SSSR count). The van der Waals surface area contributed by atoms with Crippen LogP contribution in [0, 0.1) is 0 Å². The first-order valence-electron chi connectivity index (χ1n) is 10.2. The van der Waals surface area contributed by atoms with Crippen LogP contribution in [-0.2, 0) is 4.79 Å². The number of halogens is 1. The summed E-state index contributed by atoms with van der Waals surface area (Å²) in [5.74, 6) is -0.516. The van der Waals surface area contributed by atoms with E-state index in [4.69, 9.17) is 21.8 Å². The maximum atomic E-state index is 13.1. The highest BCUT2D eigenvalue weighted by atomic mass is 35.5. The first-order valence-corrected chi connectivity index (χ1v) is 10.6. The number of carbonyl (C=O) groups is 2. The van der Waals surface area contributed by atoms with E-state index in [0.717, 1.165) is 0 Å². The molecule has 3 aromatic heterocycles. The summed E-state index contributed by atoms with van der Waals surface area (Å²) in [7, 11) is 0. The summed E-state index contributed by atoms with van der Waals surface area (Å²) in [6, 6.07) is 4.80. The summed E-state index contributed by atoms with van der Waals surface area (Å²) in [5, 5.41) is 7.95. The number of carbonyl (C=O) groups excluding carboxylic acids is 2. The van der Waals surface area contributed by atoms with Crippen LogP contribution < -0.4 is 11.1 Å². The smallest absolute Gasteiger partial charge is 0.302 e. The standard InChI is InChI=1S/C21H19ClN8O3/c1-2-3-15(31)29-7-6-12(9-29)30-19-16(18(23)24-10-25-19)17(28-30)20(32)27-21-26-13-8-11(22)4-5-14(13)33-21/h2-5,8,10,12H,6-7,9H2,1H3,(H2,23,24,25)(H,26,27,32)/t12-/m1/s1. The van der Waals surface area contributed by atoms with Crippen LogP contribution in [-0.4, -0.2) is 54.5 Å². The Morgan fingerprint density at radius 1 is 1.33 bits per heavy atom. The zero-order valence-corrected chi connectivity index (χ0v) is 18.3. The molecular formula is C21H19ClN8O3. The van der Waals surface area contributed by atoms with Gasteiger partial charge >= 0.3 is 6.01 Å². The number of oxazole rings is 1. The highest BCUT2D eigenvalue weighted by Gasteiger charge is 2.31. The fourth-order valence-electron chi connectivity index (χ4n) is 3.91. The number of nitrogens with zero attached hydrogens (tertiary/aromatic N) is 6. The Hall–Kier alpha value is -3.99. The number of nitrogens with two attached hydrogens (primary N) is 1. The third kappa shape index (κ3) is 3.76. The van der Waals surface area contributed by atoms with Crippen molar-refractivity contribution in [3.05, 3.63) is 47.4 Å². The molecule has 12 heteroatoms. The zero-order valence-electron chi connectivity index (χ0n) is 17.5. The number of hydrogen-bond donors (Lipinski definition) is 2. The largest absolute Gasteiger partial charge is 0.423 e. The molecule has 0 saturated carbocycles. The van der Waals surface area contributed by atoms with Crippen molar-refractivity contribution < 1.29 is 14.0 Å². The van der Waals surface area contributed by atoms with Gasteiger partial charge in [-0.05, 0) is 37.6 Å². The Morgan fingerprint density at radius 3 is 3.00 bits per heavy atom. The second-order valence-electron chi connectivity index (χ2n) is 7.56. The van der Waals surface area contributed by atoms with Gasteiger partial charge in [-0.3, -0.25) is 14.9 Å². The molecule has 1 atom stereocenters. The molecule has 1 saturated heterocycles. The fraction of sp³-hybridized carbons (Fsp3) is 0.238. The lowest BCUT2D eigenvalue weighted by Crippen LogP contribution is -2.27. The van der Waals surface area contributed by atoms with Gasteiger partial charge in [0.2, 0.25) is 5.91 Å². The molecule has 0 spiro atoms. The van der Waals surface area contributed by atoms with Crippen LogP contribution in [0.15, 0.2) is 41.1 Å². The van der Waals surface area contributed by atoms with E-state index in [1.165, 1.54) is 12.4 Å². The number of allylic oxidation sites excluding steroid dienone is 1. The van der Waals surface area contributed by atoms with Crippen molar-refractivity contribution in [1.29, 1.82) is 0 Å². The predicted octanol–water partition coefficient (Wildman–Crippen LogP) is 2.80. The maximum Gasteiger partial charge on any atom is 0.302 e. The second-order valence-corrected chi connectivity index (χ2v) is 8.00. The number of aromatic nitrogens is 5. The molecule has 33 heavy (non-hydrogen) atoms. The van der Waals surface area contributed by atoms with Crippen LogP contribution in [0.4, 0.5) is 11.8 Å². The van der Waals surface area contributed by atoms with E-state index < -0.39 is 5.91 Å². The number of likely N-dealkylation sites (tertiary alicyclic amines) is 1. The highest BCUT2D eigenvalue weighted by molar-refractivity contribution is 6.31. The van der Waals surface area contributed by atoms with Crippen LogP contribution in [0.2, 0.25) is 5.02 Å². The number of fused-ring (bicyclic) bond motifs is 2. The van der Waals surface area contributed by atoms with Crippen LogP contribution in [0.1, 0.15) is 29.9 Å². The highest BCUT2D eigenvalue weighted by Crippen LogP contribution is 2.29. The van der Waals surface area contributed by atoms with E-state index in [-0.39, 0.29) is 29.5 Å². The summed E-state index contributed by atoms with van der Waals surface area (Å²) in [4.78, 5) is 39.6. The van der Waals surface area contributed by atoms with Crippen LogP contribution in [0.25, 0.3) is 22.1 Å². The molecule has 4 aromatic rings. The molecule has 0 radical (unpaired) electrons. The van der Waals surface area contributed by atoms with Gasteiger partial charge in [-0.1, -0.05) is 17.7 Å². The minimum absolute atomic E-state index is 0.000575. The van der Waals surface area contributed by atoms with Crippen LogP contribution >= 0.6 is 11.6 Å². The Kier molecular flexibility index (Phi) is 5.17. The maximum absolute atomic E-state index is 13.1. The van der Waals surface area contributed by atoms with Gasteiger partial charge in [-0.2, -0.15) is 10.1 Å². The number of amides is 2.